The number of likely N-dealkylation sites (tertiary alicyclic amines) is 1. The van der Waals surface area contributed by atoms with Gasteiger partial charge in [0.15, 0.2) is 0 Å². The van der Waals surface area contributed by atoms with Crippen LogP contribution in [-0.2, 0) is 4.74 Å². The first-order valence-corrected chi connectivity index (χ1v) is 6.28. The number of ether oxygens (including phenoxy) is 1. The Morgan fingerprint density at radius 1 is 1.56 bits per heavy atom. The molecule has 5 nitrogen and oxygen atoms in total. The minimum absolute atomic E-state index is 0.0295. The zero-order chi connectivity index (χ0) is 13.0. The molecule has 1 N–H and O–H groups in total. The smallest absolute Gasteiger partial charge is 0.257 e. The van der Waals surface area contributed by atoms with Crippen molar-refractivity contribution >= 4 is 5.91 Å². The van der Waals surface area contributed by atoms with Crippen LogP contribution >= 0.6 is 0 Å². The van der Waals surface area contributed by atoms with Crippen molar-refractivity contribution in [2.24, 2.45) is 0 Å². The van der Waals surface area contributed by atoms with E-state index in [0.717, 1.165) is 12.8 Å². The Morgan fingerprint density at radius 3 is 2.83 bits per heavy atom. The Kier molecular flexibility index (Phi) is 4.38. The number of nitrogens with zero attached hydrogens (tertiary/aromatic N) is 1. The Bertz CT molecular complexity index is 393. The van der Waals surface area contributed by atoms with Gasteiger partial charge < -0.3 is 19.2 Å². The van der Waals surface area contributed by atoms with E-state index in [4.69, 9.17) is 14.3 Å². The van der Waals surface area contributed by atoms with Crippen molar-refractivity contribution in [2.45, 2.75) is 25.9 Å². The molecule has 5 heteroatoms. The van der Waals surface area contributed by atoms with Crippen LogP contribution < -0.4 is 0 Å². The van der Waals surface area contributed by atoms with Crippen molar-refractivity contribution in [3.8, 4) is 0 Å². The molecule has 0 aromatic carbocycles. The minimum Gasteiger partial charge on any atom is -0.469 e. The molecule has 2 rings (SSSR count). The number of aryl methyl sites for hydroxylation is 1. The number of rotatable bonds is 4. The molecule has 18 heavy (non-hydrogen) atoms. The first kappa shape index (κ1) is 13.1. The fourth-order valence-corrected chi connectivity index (χ4v) is 2.22. The zero-order valence-electron chi connectivity index (χ0n) is 10.6. The fraction of sp³-hybridized carbons (Fsp3) is 0.615. The molecule has 0 radical (unpaired) electrons. The van der Waals surface area contributed by atoms with Gasteiger partial charge in [-0.1, -0.05) is 0 Å². The monoisotopic (exact) mass is 253 g/mol. The lowest BCUT2D eigenvalue weighted by Gasteiger charge is -2.31. The molecule has 1 aliphatic rings. The third kappa shape index (κ3) is 2.91. The molecule has 100 valence electrons. The largest absolute Gasteiger partial charge is 0.469 e. The van der Waals surface area contributed by atoms with Crippen LogP contribution in [0.2, 0.25) is 0 Å². The first-order valence-electron chi connectivity index (χ1n) is 6.28. The molecule has 0 atom stereocenters. The Balaban J connectivity index is 1.86. The molecule has 0 spiro atoms. The molecule has 1 fully saturated rings. The highest BCUT2D eigenvalue weighted by Crippen LogP contribution is 2.18. The number of hydrogen-bond donors (Lipinski definition) is 1. The third-order valence-electron chi connectivity index (χ3n) is 3.26. The van der Waals surface area contributed by atoms with Crippen molar-refractivity contribution in [3.63, 3.8) is 0 Å². The van der Waals surface area contributed by atoms with Crippen LogP contribution in [-0.4, -0.2) is 48.3 Å². The van der Waals surface area contributed by atoms with E-state index >= 15 is 0 Å². The molecule has 1 aromatic rings. The highest BCUT2D eigenvalue weighted by atomic mass is 16.5. The van der Waals surface area contributed by atoms with Gasteiger partial charge in [-0.3, -0.25) is 4.79 Å². The van der Waals surface area contributed by atoms with Crippen LogP contribution in [0, 0.1) is 6.92 Å². The number of hydrogen-bond acceptors (Lipinski definition) is 4. The van der Waals surface area contributed by atoms with Crippen molar-refractivity contribution in [2.75, 3.05) is 26.3 Å². The zero-order valence-corrected chi connectivity index (χ0v) is 10.6. The van der Waals surface area contributed by atoms with Gasteiger partial charge in [0.05, 0.1) is 31.1 Å². The second-order valence-electron chi connectivity index (χ2n) is 4.48. The van der Waals surface area contributed by atoms with Crippen LogP contribution in [0.3, 0.4) is 0 Å². The van der Waals surface area contributed by atoms with Crippen molar-refractivity contribution in [3.05, 3.63) is 23.7 Å². The maximum Gasteiger partial charge on any atom is 0.257 e. The van der Waals surface area contributed by atoms with E-state index in [1.54, 1.807) is 19.3 Å². The van der Waals surface area contributed by atoms with E-state index < -0.39 is 0 Å². The highest BCUT2D eigenvalue weighted by molar-refractivity contribution is 5.95. The van der Waals surface area contributed by atoms with Crippen LogP contribution in [0.15, 0.2) is 16.7 Å². The van der Waals surface area contributed by atoms with Gasteiger partial charge in [0.2, 0.25) is 0 Å². The number of carbonyl (C=O) groups is 1. The van der Waals surface area contributed by atoms with Crippen molar-refractivity contribution in [1.29, 1.82) is 0 Å². The molecular weight excluding hydrogens is 234 g/mol. The van der Waals surface area contributed by atoms with Gasteiger partial charge in [-0.05, 0) is 25.8 Å². The molecule has 1 amide bonds. The number of piperidine rings is 1. The highest BCUT2D eigenvalue weighted by Gasteiger charge is 2.25. The summed E-state index contributed by atoms with van der Waals surface area (Å²) in [4.78, 5) is 14.0. The summed E-state index contributed by atoms with van der Waals surface area (Å²) in [6.07, 6.45) is 3.34. The molecule has 2 heterocycles. The van der Waals surface area contributed by atoms with Crippen molar-refractivity contribution in [1.82, 2.24) is 4.90 Å². The average molecular weight is 253 g/mol. The number of amides is 1. The van der Waals surface area contributed by atoms with Crippen LogP contribution in [0.4, 0.5) is 0 Å². The lowest BCUT2D eigenvalue weighted by molar-refractivity contribution is -0.00556. The van der Waals surface area contributed by atoms with Crippen LogP contribution in [0.25, 0.3) is 0 Å². The predicted octanol–water partition coefficient (Wildman–Crippen LogP) is 1.20. The summed E-state index contributed by atoms with van der Waals surface area (Å²) in [6, 6.07) is 1.71. The van der Waals surface area contributed by atoms with Crippen LogP contribution in [0.5, 0.6) is 0 Å². The fourth-order valence-electron chi connectivity index (χ4n) is 2.22. The molecule has 0 bridgehead atoms. The summed E-state index contributed by atoms with van der Waals surface area (Å²) in [5, 5.41) is 8.69. The van der Waals surface area contributed by atoms with Gasteiger partial charge in [-0.2, -0.15) is 0 Å². The Labute approximate surface area is 106 Å². The van der Waals surface area contributed by atoms with E-state index in [9.17, 15) is 4.79 Å². The second-order valence-corrected chi connectivity index (χ2v) is 4.48. The average Bonchev–Trinajstić information content (AvgIpc) is 2.82. The number of aliphatic hydroxyl groups excluding tert-OH is 1. The summed E-state index contributed by atoms with van der Waals surface area (Å²) < 4.78 is 10.6. The van der Waals surface area contributed by atoms with E-state index in [1.807, 2.05) is 4.90 Å². The number of carbonyl (C=O) groups excluding carboxylic acids is 1. The summed E-state index contributed by atoms with van der Waals surface area (Å²) in [5.41, 5.74) is 0.643. The number of furan rings is 1. The van der Waals surface area contributed by atoms with Gasteiger partial charge in [0.25, 0.3) is 5.91 Å². The quantitative estimate of drug-likeness (QED) is 0.875. The maximum atomic E-state index is 12.2. The van der Waals surface area contributed by atoms with Crippen LogP contribution in [0.1, 0.15) is 29.0 Å². The van der Waals surface area contributed by atoms with Gasteiger partial charge in [0.1, 0.15) is 5.76 Å². The number of aliphatic hydroxyl groups is 1. The van der Waals surface area contributed by atoms with Gasteiger partial charge in [0, 0.05) is 13.1 Å². The molecule has 0 unspecified atom stereocenters. The summed E-state index contributed by atoms with van der Waals surface area (Å²) in [5.74, 6) is 0.695. The molecule has 1 saturated heterocycles. The van der Waals surface area contributed by atoms with E-state index in [1.165, 1.54) is 0 Å². The minimum atomic E-state index is 0.0295. The van der Waals surface area contributed by atoms with Crippen molar-refractivity contribution < 1.29 is 19.1 Å². The van der Waals surface area contributed by atoms with Gasteiger partial charge in [-0.25, -0.2) is 0 Å². The summed E-state index contributed by atoms with van der Waals surface area (Å²) in [6.45, 7) is 3.61. The Hall–Kier alpha value is -1.33. The standard InChI is InChI=1S/C13H19NO4/c1-10-12(4-8-17-10)13(16)14-5-2-11(3-6-14)18-9-7-15/h4,8,11,15H,2-3,5-7,9H2,1H3. The van der Waals surface area contributed by atoms with Gasteiger partial charge in [-0.15, -0.1) is 0 Å². The topological polar surface area (TPSA) is 62.9 Å². The SMILES string of the molecule is Cc1occc1C(=O)N1CCC(OCCO)CC1. The lowest BCUT2D eigenvalue weighted by atomic mass is 10.1. The lowest BCUT2D eigenvalue weighted by Crippen LogP contribution is -2.41. The van der Waals surface area contributed by atoms with Gasteiger partial charge >= 0.3 is 0 Å². The normalized spacial score (nSPS) is 17.1. The summed E-state index contributed by atoms with van der Waals surface area (Å²) >= 11 is 0. The Morgan fingerprint density at radius 2 is 2.28 bits per heavy atom. The third-order valence-corrected chi connectivity index (χ3v) is 3.26. The molecule has 1 aromatic heterocycles. The molecular formula is C13H19NO4. The maximum absolute atomic E-state index is 12.2. The first-order chi connectivity index (χ1) is 8.72. The van der Waals surface area contributed by atoms with E-state index in [-0.39, 0.29) is 18.6 Å². The molecule has 0 aliphatic carbocycles. The molecule has 0 saturated carbocycles. The summed E-state index contributed by atoms with van der Waals surface area (Å²) in [7, 11) is 0. The van der Waals surface area contributed by atoms with E-state index in [0.29, 0.717) is 31.0 Å². The predicted molar refractivity (Wildman–Crippen MR) is 65.4 cm³/mol. The molecule has 1 aliphatic heterocycles. The van der Waals surface area contributed by atoms with E-state index in [2.05, 4.69) is 0 Å². The second kappa shape index (κ2) is 6.02.